The molecule has 0 saturated heterocycles. The summed E-state index contributed by atoms with van der Waals surface area (Å²) in [7, 11) is 0. The van der Waals surface area contributed by atoms with E-state index in [-0.39, 0.29) is 0 Å². The molecule has 0 saturated carbocycles. The predicted octanol–water partition coefficient (Wildman–Crippen LogP) is 3.42. The SMILES string of the molecule is Cc1ccc(-n2ncc(C3=NNNN3Cc3ccc(Br)cc3)c2S)cc1. The fraction of sp³-hybridized carbons (Fsp3) is 0.111. The van der Waals surface area contributed by atoms with Crippen LogP contribution in [0.2, 0.25) is 0 Å². The molecule has 6 nitrogen and oxygen atoms in total. The van der Waals surface area contributed by atoms with Crippen molar-refractivity contribution in [1.29, 1.82) is 0 Å². The lowest BCUT2D eigenvalue weighted by atomic mass is 10.2. The minimum atomic E-state index is 0.655. The molecule has 26 heavy (non-hydrogen) atoms. The predicted molar refractivity (Wildman–Crippen MR) is 108 cm³/mol. The molecule has 1 aliphatic rings. The number of amidine groups is 1. The topological polar surface area (TPSA) is 57.5 Å². The summed E-state index contributed by atoms with van der Waals surface area (Å²) in [4.78, 5) is 0. The van der Waals surface area contributed by atoms with E-state index < -0.39 is 0 Å². The highest BCUT2D eigenvalue weighted by Crippen LogP contribution is 2.22. The van der Waals surface area contributed by atoms with Crippen molar-refractivity contribution in [3.63, 3.8) is 0 Å². The second kappa shape index (κ2) is 7.14. The number of hydrazone groups is 1. The molecule has 2 aromatic carbocycles. The average molecular weight is 429 g/mol. The van der Waals surface area contributed by atoms with Crippen molar-refractivity contribution in [3.05, 3.63) is 75.9 Å². The second-order valence-electron chi connectivity index (χ2n) is 6.00. The molecule has 0 unspecified atom stereocenters. The Morgan fingerprint density at radius 2 is 1.81 bits per heavy atom. The van der Waals surface area contributed by atoms with Gasteiger partial charge in [-0.15, -0.1) is 23.3 Å². The normalized spacial score (nSPS) is 13.7. The number of hydrogen-bond acceptors (Lipinski definition) is 6. The minimum Gasteiger partial charge on any atom is -0.266 e. The zero-order chi connectivity index (χ0) is 18.1. The Kier molecular flexibility index (Phi) is 4.71. The first kappa shape index (κ1) is 17.1. The van der Waals surface area contributed by atoms with Crippen molar-refractivity contribution < 1.29 is 0 Å². The highest BCUT2D eigenvalue weighted by atomic mass is 79.9. The second-order valence-corrected chi connectivity index (χ2v) is 7.34. The number of nitrogens with zero attached hydrogens (tertiary/aromatic N) is 4. The molecule has 2 heterocycles. The minimum absolute atomic E-state index is 0.655. The summed E-state index contributed by atoms with van der Waals surface area (Å²) in [6, 6.07) is 16.3. The quantitative estimate of drug-likeness (QED) is 0.557. The third-order valence-electron chi connectivity index (χ3n) is 4.12. The Balaban J connectivity index is 1.60. The smallest absolute Gasteiger partial charge is 0.177 e. The van der Waals surface area contributed by atoms with Crippen molar-refractivity contribution in [2.75, 3.05) is 0 Å². The molecule has 0 radical (unpaired) electrons. The van der Waals surface area contributed by atoms with Gasteiger partial charge in [0.25, 0.3) is 0 Å². The van der Waals surface area contributed by atoms with Gasteiger partial charge in [0.1, 0.15) is 5.03 Å². The van der Waals surface area contributed by atoms with E-state index in [4.69, 9.17) is 0 Å². The van der Waals surface area contributed by atoms with Crippen LogP contribution in [0.25, 0.3) is 5.69 Å². The van der Waals surface area contributed by atoms with Gasteiger partial charge in [-0.25, -0.2) is 10.2 Å². The number of hydrazine groups is 2. The number of aromatic nitrogens is 2. The van der Waals surface area contributed by atoms with Crippen molar-refractivity contribution >= 4 is 34.4 Å². The summed E-state index contributed by atoms with van der Waals surface area (Å²) in [5.74, 6) is 0.747. The average Bonchev–Trinajstić information content (AvgIpc) is 3.24. The lowest BCUT2D eigenvalue weighted by Gasteiger charge is -2.18. The van der Waals surface area contributed by atoms with Crippen LogP contribution < -0.4 is 11.1 Å². The highest BCUT2D eigenvalue weighted by Gasteiger charge is 2.24. The fourth-order valence-electron chi connectivity index (χ4n) is 2.72. The van der Waals surface area contributed by atoms with Gasteiger partial charge in [0.15, 0.2) is 5.84 Å². The molecular weight excluding hydrogens is 412 g/mol. The van der Waals surface area contributed by atoms with Crippen LogP contribution in [0.5, 0.6) is 0 Å². The third kappa shape index (κ3) is 3.35. The standard InChI is InChI=1S/C18H17BrN6S/c1-12-2-8-15(9-3-12)25-18(26)16(10-20-25)17-21-22-23-24(17)11-13-4-6-14(19)7-5-13/h2-10,22-23,26H,11H2,1H3. The largest absolute Gasteiger partial charge is 0.266 e. The van der Waals surface area contributed by atoms with Crippen molar-refractivity contribution in [1.82, 2.24) is 25.9 Å². The fourth-order valence-corrected chi connectivity index (χ4v) is 3.31. The molecule has 0 bridgehead atoms. The van der Waals surface area contributed by atoms with Gasteiger partial charge < -0.3 is 0 Å². The Morgan fingerprint density at radius 3 is 2.54 bits per heavy atom. The van der Waals surface area contributed by atoms with Gasteiger partial charge >= 0.3 is 0 Å². The number of benzene rings is 2. The van der Waals surface area contributed by atoms with Gasteiger partial charge in [-0.05, 0) is 36.8 Å². The van der Waals surface area contributed by atoms with E-state index in [0.29, 0.717) is 6.54 Å². The van der Waals surface area contributed by atoms with Crippen LogP contribution >= 0.6 is 28.6 Å². The molecule has 0 amide bonds. The molecule has 3 aromatic rings. The van der Waals surface area contributed by atoms with E-state index in [1.165, 1.54) is 5.56 Å². The van der Waals surface area contributed by atoms with E-state index >= 15 is 0 Å². The van der Waals surface area contributed by atoms with Crippen LogP contribution in [0, 0.1) is 6.92 Å². The van der Waals surface area contributed by atoms with Gasteiger partial charge in [-0.1, -0.05) is 45.8 Å². The Bertz CT molecular complexity index is 949. The number of hydrogen-bond donors (Lipinski definition) is 3. The summed E-state index contributed by atoms with van der Waals surface area (Å²) in [5.41, 5.74) is 10.0. The zero-order valence-electron chi connectivity index (χ0n) is 14.0. The first-order chi connectivity index (χ1) is 12.6. The first-order valence-corrected chi connectivity index (χ1v) is 9.30. The number of halogens is 1. The van der Waals surface area contributed by atoms with Gasteiger partial charge in [-0.2, -0.15) is 5.10 Å². The van der Waals surface area contributed by atoms with Gasteiger partial charge in [0.2, 0.25) is 0 Å². The lowest BCUT2D eigenvalue weighted by molar-refractivity contribution is 0.288. The van der Waals surface area contributed by atoms with Gasteiger partial charge in [0.05, 0.1) is 24.0 Å². The molecule has 4 rings (SSSR count). The molecule has 0 fully saturated rings. The summed E-state index contributed by atoms with van der Waals surface area (Å²) < 4.78 is 2.86. The molecule has 2 N–H and O–H groups in total. The Morgan fingerprint density at radius 1 is 1.08 bits per heavy atom. The molecule has 0 spiro atoms. The maximum Gasteiger partial charge on any atom is 0.177 e. The maximum atomic E-state index is 4.69. The molecular formula is C18H17BrN6S. The van der Waals surface area contributed by atoms with E-state index in [1.54, 1.807) is 10.9 Å². The summed E-state index contributed by atoms with van der Waals surface area (Å²) in [5, 5.41) is 11.5. The van der Waals surface area contributed by atoms with E-state index in [2.05, 4.69) is 81.0 Å². The summed E-state index contributed by atoms with van der Waals surface area (Å²) >= 11 is 8.15. The van der Waals surface area contributed by atoms with E-state index in [9.17, 15) is 0 Å². The van der Waals surface area contributed by atoms with Crippen LogP contribution in [0.4, 0.5) is 0 Å². The van der Waals surface area contributed by atoms with E-state index in [0.717, 1.165) is 32.1 Å². The van der Waals surface area contributed by atoms with Crippen molar-refractivity contribution in [2.24, 2.45) is 5.10 Å². The molecule has 0 aliphatic carbocycles. The molecule has 1 aromatic heterocycles. The van der Waals surface area contributed by atoms with Crippen molar-refractivity contribution in [3.8, 4) is 5.69 Å². The lowest BCUT2D eigenvalue weighted by Crippen LogP contribution is -2.40. The van der Waals surface area contributed by atoms with Crippen LogP contribution in [-0.2, 0) is 6.54 Å². The molecule has 132 valence electrons. The zero-order valence-corrected chi connectivity index (χ0v) is 16.5. The first-order valence-electron chi connectivity index (χ1n) is 8.06. The van der Waals surface area contributed by atoms with Crippen molar-refractivity contribution in [2.45, 2.75) is 18.5 Å². The number of thiol groups is 1. The van der Waals surface area contributed by atoms with Crippen LogP contribution in [0.1, 0.15) is 16.7 Å². The van der Waals surface area contributed by atoms with Crippen LogP contribution in [0.15, 0.2) is 69.3 Å². The number of nitrogens with one attached hydrogen (secondary N) is 2. The van der Waals surface area contributed by atoms with Gasteiger partial charge in [-0.3, -0.25) is 5.01 Å². The number of rotatable bonds is 4. The Labute approximate surface area is 165 Å². The summed E-state index contributed by atoms with van der Waals surface area (Å²) in [6.45, 7) is 2.71. The molecule has 0 atom stereocenters. The monoisotopic (exact) mass is 428 g/mol. The van der Waals surface area contributed by atoms with Gasteiger partial charge in [0, 0.05) is 4.47 Å². The number of aryl methyl sites for hydroxylation is 1. The Hall–Kier alpha value is -2.29. The van der Waals surface area contributed by atoms with Crippen LogP contribution in [0.3, 0.4) is 0 Å². The molecule has 8 heteroatoms. The highest BCUT2D eigenvalue weighted by molar-refractivity contribution is 9.10. The third-order valence-corrected chi connectivity index (χ3v) is 5.08. The van der Waals surface area contributed by atoms with E-state index in [1.807, 2.05) is 29.3 Å². The maximum absolute atomic E-state index is 4.69. The summed E-state index contributed by atoms with van der Waals surface area (Å²) in [6.07, 6.45) is 1.78. The van der Waals surface area contributed by atoms with Crippen LogP contribution in [-0.4, -0.2) is 20.6 Å². The molecule has 1 aliphatic heterocycles.